The SMILES string of the molecule is CC(C)(C)OC(=O)N1CCN(CC(O)CN2C(=O)c3ccccc3C2=O)CC1.CC(C)(C)OC(=O)N1CCNCC1.O=C1c2ccccc2C(=O)N1CC1CO1. The first-order chi connectivity index (χ1) is 26.4. The highest BCUT2D eigenvalue weighted by atomic mass is 16.6. The lowest BCUT2D eigenvalue weighted by Gasteiger charge is -2.36. The van der Waals surface area contributed by atoms with E-state index in [2.05, 4.69) is 5.32 Å². The van der Waals surface area contributed by atoms with Crippen LogP contribution in [0.3, 0.4) is 0 Å². The van der Waals surface area contributed by atoms with E-state index < -0.39 is 11.7 Å². The van der Waals surface area contributed by atoms with Crippen molar-refractivity contribution in [3.05, 3.63) is 70.8 Å². The van der Waals surface area contributed by atoms with Gasteiger partial charge in [0.25, 0.3) is 23.6 Å². The predicted molar refractivity (Wildman–Crippen MR) is 204 cm³/mol. The van der Waals surface area contributed by atoms with Crippen molar-refractivity contribution in [1.82, 2.24) is 29.8 Å². The minimum Gasteiger partial charge on any atom is -0.444 e. The molecule has 6 amide bonds. The fraction of sp³-hybridized carbons (Fsp3) is 0.550. The van der Waals surface area contributed by atoms with E-state index in [0.717, 1.165) is 31.1 Å². The van der Waals surface area contributed by atoms with Gasteiger partial charge in [-0.2, -0.15) is 0 Å². The van der Waals surface area contributed by atoms with Crippen LogP contribution in [0.4, 0.5) is 9.59 Å². The lowest BCUT2D eigenvalue weighted by Crippen LogP contribution is -2.52. The summed E-state index contributed by atoms with van der Waals surface area (Å²) in [5.41, 5.74) is 0.848. The molecular formula is C40H54N6O10. The number of ether oxygens (including phenoxy) is 3. The Balaban J connectivity index is 0.000000179. The molecule has 304 valence electrons. The van der Waals surface area contributed by atoms with Gasteiger partial charge in [0.15, 0.2) is 0 Å². The third kappa shape index (κ3) is 11.3. The molecule has 0 bridgehead atoms. The number of hydrogen-bond acceptors (Lipinski definition) is 12. The van der Waals surface area contributed by atoms with Gasteiger partial charge in [0.05, 0.1) is 54.2 Å². The minimum atomic E-state index is -0.852. The van der Waals surface area contributed by atoms with Gasteiger partial charge in [0, 0.05) is 58.9 Å². The monoisotopic (exact) mass is 778 g/mol. The van der Waals surface area contributed by atoms with Gasteiger partial charge in [-0.15, -0.1) is 0 Å². The normalized spacial score (nSPS) is 20.0. The van der Waals surface area contributed by atoms with Gasteiger partial charge in [0.1, 0.15) is 11.2 Å². The molecule has 2 aromatic carbocycles. The van der Waals surface area contributed by atoms with E-state index in [1.807, 2.05) is 46.4 Å². The van der Waals surface area contributed by atoms with Crippen LogP contribution >= 0.6 is 0 Å². The Labute approximate surface area is 327 Å². The highest BCUT2D eigenvalue weighted by Crippen LogP contribution is 2.25. The topological polar surface area (TPSA) is 182 Å². The second-order valence-corrected chi connectivity index (χ2v) is 16.1. The van der Waals surface area contributed by atoms with E-state index in [4.69, 9.17) is 14.2 Å². The first-order valence-electron chi connectivity index (χ1n) is 19.0. The Morgan fingerprint density at radius 2 is 1.07 bits per heavy atom. The van der Waals surface area contributed by atoms with Crippen molar-refractivity contribution in [3.63, 3.8) is 0 Å². The van der Waals surface area contributed by atoms with Crippen LogP contribution in [0.1, 0.15) is 83.0 Å². The summed E-state index contributed by atoms with van der Waals surface area (Å²) in [6, 6.07) is 13.6. The number of carbonyl (C=O) groups is 6. The summed E-state index contributed by atoms with van der Waals surface area (Å²) in [5, 5.41) is 13.6. The standard InChI is InChI=1S/C20H27N3O5.C11H9NO3.C9H18N2O2/c1-20(2,3)28-19(27)22-10-8-21(9-11-22)12-14(24)13-23-17(25)15-6-4-5-7-16(15)18(23)26;13-10-8-3-1-2-4-9(8)11(14)12(10)5-7-6-15-7;1-9(2,3)13-8(12)11-6-4-10-5-7-11/h4-7,14,24H,8-13H2,1-3H3;1-4,7H,5-6H2;10H,4-7H2,1-3H3. The van der Waals surface area contributed by atoms with Crippen LogP contribution in [0.5, 0.6) is 0 Å². The highest BCUT2D eigenvalue weighted by molar-refractivity contribution is 6.22. The molecule has 16 nitrogen and oxygen atoms in total. The Morgan fingerprint density at radius 1 is 0.679 bits per heavy atom. The van der Waals surface area contributed by atoms with Crippen LogP contribution in [0.2, 0.25) is 0 Å². The lowest BCUT2D eigenvalue weighted by atomic mass is 10.1. The van der Waals surface area contributed by atoms with E-state index in [-0.39, 0.29) is 54.1 Å². The van der Waals surface area contributed by atoms with Gasteiger partial charge in [0.2, 0.25) is 0 Å². The van der Waals surface area contributed by atoms with Crippen LogP contribution in [-0.4, -0.2) is 167 Å². The van der Waals surface area contributed by atoms with Gasteiger partial charge in [-0.25, -0.2) is 9.59 Å². The molecule has 16 heteroatoms. The van der Waals surface area contributed by atoms with Gasteiger partial charge >= 0.3 is 12.2 Å². The number of epoxide rings is 1. The number of amides is 6. The van der Waals surface area contributed by atoms with E-state index in [1.165, 1.54) is 4.90 Å². The highest BCUT2D eigenvalue weighted by Gasteiger charge is 2.39. The number of β-amino-alcohol motifs (C(OH)–C–C–N with tert-alkyl or cyclic N) is 1. The van der Waals surface area contributed by atoms with E-state index in [0.29, 0.717) is 68.1 Å². The molecule has 0 spiro atoms. The van der Waals surface area contributed by atoms with Crippen molar-refractivity contribution < 1.29 is 48.1 Å². The molecule has 0 aliphatic carbocycles. The van der Waals surface area contributed by atoms with Crippen LogP contribution in [0, 0.1) is 0 Å². The largest absolute Gasteiger partial charge is 0.444 e. The molecule has 2 atom stereocenters. The fourth-order valence-corrected chi connectivity index (χ4v) is 6.37. The maximum atomic E-state index is 12.4. The van der Waals surface area contributed by atoms with Crippen LogP contribution in [-0.2, 0) is 14.2 Å². The minimum absolute atomic E-state index is 0.0430. The number of carbonyl (C=O) groups excluding carboxylic acids is 6. The third-order valence-corrected chi connectivity index (χ3v) is 9.20. The number of fused-ring (bicyclic) bond motifs is 2. The van der Waals surface area contributed by atoms with E-state index in [9.17, 15) is 33.9 Å². The number of benzene rings is 2. The molecule has 2 N–H and O–H groups in total. The Morgan fingerprint density at radius 3 is 1.46 bits per heavy atom. The second-order valence-electron chi connectivity index (χ2n) is 16.1. The summed E-state index contributed by atoms with van der Waals surface area (Å²) in [4.78, 5) is 79.8. The van der Waals surface area contributed by atoms with E-state index >= 15 is 0 Å². The van der Waals surface area contributed by atoms with Gasteiger partial charge in [-0.1, -0.05) is 24.3 Å². The molecular weight excluding hydrogens is 724 g/mol. The van der Waals surface area contributed by atoms with Crippen LogP contribution in [0.25, 0.3) is 0 Å². The maximum Gasteiger partial charge on any atom is 0.410 e. The van der Waals surface area contributed by atoms with Crippen LogP contribution < -0.4 is 5.32 Å². The zero-order valence-electron chi connectivity index (χ0n) is 33.1. The molecule has 0 aromatic heterocycles. The smallest absolute Gasteiger partial charge is 0.410 e. The number of hydrogen-bond donors (Lipinski definition) is 2. The van der Waals surface area contributed by atoms with Gasteiger partial charge in [-0.3, -0.25) is 33.9 Å². The summed E-state index contributed by atoms with van der Waals surface area (Å²) >= 11 is 0. The molecule has 56 heavy (non-hydrogen) atoms. The van der Waals surface area contributed by atoms with Crippen molar-refractivity contribution in [2.75, 3.05) is 78.6 Å². The molecule has 2 aromatic rings. The zero-order chi connectivity index (χ0) is 40.8. The number of aliphatic hydroxyl groups is 1. The predicted octanol–water partition coefficient (Wildman–Crippen LogP) is 2.70. The number of imide groups is 2. The summed E-state index contributed by atoms with van der Waals surface area (Å²) in [5.74, 6) is -1.14. The summed E-state index contributed by atoms with van der Waals surface area (Å²) in [6.45, 7) is 17.9. The molecule has 0 radical (unpaired) electrons. The third-order valence-electron chi connectivity index (χ3n) is 9.20. The van der Waals surface area contributed by atoms with E-state index in [1.54, 1.807) is 58.3 Å². The molecule has 5 aliphatic rings. The van der Waals surface area contributed by atoms with Crippen molar-refractivity contribution in [3.8, 4) is 0 Å². The molecule has 2 unspecified atom stereocenters. The molecule has 5 heterocycles. The Hall–Kier alpha value is -4.90. The number of rotatable bonds is 6. The van der Waals surface area contributed by atoms with Gasteiger partial charge in [-0.05, 0) is 65.8 Å². The average molecular weight is 779 g/mol. The first kappa shape index (κ1) is 42.2. The van der Waals surface area contributed by atoms with Crippen molar-refractivity contribution in [2.24, 2.45) is 0 Å². The Bertz CT molecular complexity index is 1700. The summed E-state index contributed by atoms with van der Waals surface area (Å²) in [6.07, 6.45) is -1.34. The van der Waals surface area contributed by atoms with Gasteiger partial charge < -0.3 is 34.4 Å². The number of nitrogens with zero attached hydrogens (tertiary/aromatic N) is 5. The molecule has 7 rings (SSSR count). The molecule has 3 fully saturated rings. The molecule has 3 saturated heterocycles. The summed E-state index contributed by atoms with van der Waals surface area (Å²) < 4.78 is 15.6. The first-order valence-corrected chi connectivity index (χ1v) is 19.0. The molecule has 0 saturated carbocycles. The fourth-order valence-electron chi connectivity index (χ4n) is 6.37. The van der Waals surface area contributed by atoms with Crippen molar-refractivity contribution in [1.29, 1.82) is 0 Å². The Kier molecular flexibility index (Phi) is 13.5. The number of piperazine rings is 2. The molecule has 5 aliphatic heterocycles. The average Bonchev–Trinajstić information content (AvgIpc) is 3.91. The maximum absolute atomic E-state index is 12.4. The van der Waals surface area contributed by atoms with Crippen molar-refractivity contribution in [2.45, 2.75) is 65.0 Å². The number of aliphatic hydroxyl groups excluding tert-OH is 1. The lowest BCUT2D eigenvalue weighted by molar-refractivity contribution is 0.00792. The van der Waals surface area contributed by atoms with Crippen LogP contribution in [0.15, 0.2) is 48.5 Å². The second kappa shape index (κ2) is 17.9. The summed E-state index contributed by atoms with van der Waals surface area (Å²) in [7, 11) is 0. The number of nitrogens with one attached hydrogen (secondary N) is 1. The van der Waals surface area contributed by atoms with Crippen molar-refractivity contribution >= 4 is 35.8 Å². The zero-order valence-corrected chi connectivity index (χ0v) is 33.1. The quantitative estimate of drug-likeness (QED) is 0.324.